The molecule has 2 aliphatic rings. The molecule has 0 spiro atoms. The summed E-state index contributed by atoms with van der Waals surface area (Å²) in [7, 11) is 0. The second-order valence-electron chi connectivity index (χ2n) is 16.2. The molecule has 2 rings (SSSR count). The molecule has 0 unspecified atom stereocenters. The van der Waals surface area contributed by atoms with Crippen LogP contribution in [0.3, 0.4) is 0 Å². The van der Waals surface area contributed by atoms with E-state index in [4.69, 9.17) is 72.0 Å². The van der Waals surface area contributed by atoms with Gasteiger partial charge in [-0.2, -0.15) is 0 Å². The van der Waals surface area contributed by atoms with Gasteiger partial charge in [-0.25, -0.2) is 24.4 Å². The van der Waals surface area contributed by atoms with Gasteiger partial charge < -0.3 is 117 Å². The monoisotopic (exact) mass is 1080 g/mol. The Balaban J connectivity index is 2.02. The molecule has 4 amide bonds. The highest BCUT2D eigenvalue weighted by atomic mass is 16.6. The number of carboxylic acid groups (broad SMARTS) is 2. The number of carbonyl (C=O) groups excluding carboxylic acids is 4. The molecule has 0 fully saturated rings. The Morgan fingerprint density at radius 3 is 1.64 bits per heavy atom. The second-order valence-corrected chi connectivity index (χ2v) is 16.2. The first-order valence-electron chi connectivity index (χ1n) is 23.4. The first-order valence-corrected chi connectivity index (χ1v) is 23.4. The quantitative estimate of drug-likeness (QED) is 0.0119. The number of aliphatic imine (C=N–C) groups is 2. The lowest BCUT2D eigenvalue weighted by Gasteiger charge is -2.39. The minimum Gasteiger partial charge on any atom is -0.478 e. The van der Waals surface area contributed by atoms with Crippen molar-refractivity contribution in [1.29, 1.82) is 0 Å². The number of alkyl carbamates (subject to hydrolysis) is 1. The summed E-state index contributed by atoms with van der Waals surface area (Å²) >= 11 is 0. The molecule has 0 bridgehead atoms. The number of guanidine groups is 2. The van der Waals surface area contributed by atoms with Crippen LogP contribution in [-0.4, -0.2) is 250 Å². The van der Waals surface area contributed by atoms with E-state index in [2.05, 4.69) is 31.9 Å². The SMILES string of the molecule is C#CCOCCOCCOCCOCCC(=O)N(CCOCCNC(=O)O[C@@H]([C@@H]1OC(C(=O)O)=C[C@H](N=C(N)N)[C@H]1NC(C)=O)[C@H](O)CO)CCOCC[C@@H](O)[C@@H](O)[C@@H]1OC(C(=O)O)=C[C@H](N=C(N)N)[C@H]1NC(C)=O. The Kier molecular flexibility index (Phi) is 30.6. The van der Waals surface area contributed by atoms with Crippen molar-refractivity contribution in [2.24, 2.45) is 32.9 Å². The number of carbonyl (C=O) groups is 6. The summed E-state index contributed by atoms with van der Waals surface area (Å²) in [5.74, 6) is -4.61. The lowest BCUT2D eigenvalue weighted by molar-refractivity contribution is -0.146. The number of aliphatic hydroxyl groups excluding tert-OH is 4. The van der Waals surface area contributed by atoms with Gasteiger partial charge in [-0.1, -0.05) is 5.92 Å². The largest absolute Gasteiger partial charge is 0.478 e. The highest BCUT2D eigenvalue weighted by Gasteiger charge is 2.47. The van der Waals surface area contributed by atoms with Crippen molar-refractivity contribution in [3.05, 3.63) is 23.7 Å². The van der Waals surface area contributed by atoms with Gasteiger partial charge in [0.05, 0.1) is 109 Å². The van der Waals surface area contributed by atoms with Crippen LogP contribution in [0.1, 0.15) is 26.7 Å². The zero-order valence-electron chi connectivity index (χ0n) is 41.7. The van der Waals surface area contributed by atoms with E-state index in [1.54, 1.807) is 0 Å². The smallest absolute Gasteiger partial charge is 0.407 e. The maximum Gasteiger partial charge on any atom is 0.407 e. The number of aliphatic hydroxyl groups is 4. The van der Waals surface area contributed by atoms with E-state index in [0.29, 0.717) is 26.4 Å². The van der Waals surface area contributed by atoms with Crippen molar-refractivity contribution in [1.82, 2.24) is 20.9 Å². The molecule has 424 valence electrons. The van der Waals surface area contributed by atoms with Gasteiger partial charge in [0, 0.05) is 40.1 Å². The van der Waals surface area contributed by atoms with Gasteiger partial charge in [0.15, 0.2) is 24.1 Å². The van der Waals surface area contributed by atoms with E-state index in [1.165, 1.54) is 4.90 Å². The van der Waals surface area contributed by atoms with Crippen LogP contribution < -0.4 is 38.9 Å². The van der Waals surface area contributed by atoms with Gasteiger partial charge >= 0.3 is 18.0 Å². The van der Waals surface area contributed by atoms with Crippen LogP contribution in [0, 0.1) is 12.3 Å². The molecule has 31 nitrogen and oxygen atoms in total. The number of rotatable bonds is 37. The molecule has 0 aromatic rings. The second kappa shape index (κ2) is 35.6. The molecule has 0 aromatic heterocycles. The van der Waals surface area contributed by atoms with Crippen LogP contribution in [0.15, 0.2) is 33.7 Å². The topological polar surface area (TPSA) is 475 Å². The summed E-state index contributed by atoms with van der Waals surface area (Å²) in [4.78, 5) is 83.5. The van der Waals surface area contributed by atoms with E-state index in [0.717, 1.165) is 26.0 Å². The van der Waals surface area contributed by atoms with E-state index in [-0.39, 0.29) is 91.2 Å². The summed E-state index contributed by atoms with van der Waals surface area (Å²) in [6, 6.07) is -4.93. The average Bonchev–Trinajstić information content (AvgIpc) is 3.34. The third-order valence-electron chi connectivity index (χ3n) is 10.4. The minimum atomic E-state index is -1.86. The molecular weight excluding hydrogens is 1000 g/mol. The van der Waals surface area contributed by atoms with Crippen molar-refractivity contribution < 1.29 is 102 Å². The molecular formula is C44H72N10O21. The fourth-order valence-electron chi connectivity index (χ4n) is 7.08. The van der Waals surface area contributed by atoms with Gasteiger partial charge in [-0.05, 0) is 18.6 Å². The molecule has 2 heterocycles. The number of carboxylic acids is 2. The Bertz CT molecular complexity index is 1980. The average molecular weight is 1080 g/mol. The number of terminal acetylenes is 1. The molecule has 75 heavy (non-hydrogen) atoms. The number of nitrogens with one attached hydrogen (secondary N) is 3. The third kappa shape index (κ3) is 25.0. The standard InChI is InChI=1S/C44H72N10O21/c1-4-10-67-16-18-71-20-21-72-19-17-69-12-6-33(60)54(8-14-68-11-5-29(58)36(61)38-34(50-25(2)56)27(52-42(45)46)22-31(73-38)40(62)63)9-15-70-13-7-49-44(66)75-37(30(59)24-55)39-35(51-26(3)57)28(53-43(47)48)23-32(74-39)41(64)65/h1,22-23,27-30,34-39,55,58-59,61H,5-21,24H2,2-3H3,(H,49,66)(H,50,56)(H,51,57)(H,62,63)(H,64,65)(H4,45,46,52)(H4,47,48,53)/t27-,28-,29+,30+,34+,35+,36+,37+,38+,39+/m0/s1. The van der Waals surface area contributed by atoms with E-state index >= 15 is 0 Å². The van der Waals surface area contributed by atoms with Gasteiger partial charge in [0.2, 0.25) is 29.2 Å². The summed E-state index contributed by atoms with van der Waals surface area (Å²) in [5, 5.41) is 69.2. The summed E-state index contributed by atoms with van der Waals surface area (Å²) in [6.07, 6.45) is -4.45. The number of ether oxygens (including phenoxy) is 9. The van der Waals surface area contributed by atoms with Crippen LogP contribution in [0.4, 0.5) is 4.79 Å². The van der Waals surface area contributed by atoms with E-state index in [9.17, 15) is 59.4 Å². The zero-order valence-corrected chi connectivity index (χ0v) is 41.7. The minimum absolute atomic E-state index is 0.00567. The van der Waals surface area contributed by atoms with Crippen molar-refractivity contribution >= 4 is 47.7 Å². The Morgan fingerprint density at radius 2 is 1.16 bits per heavy atom. The highest BCUT2D eigenvalue weighted by Crippen LogP contribution is 2.28. The fourth-order valence-corrected chi connectivity index (χ4v) is 7.08. The predicted octanol–water partition coefficient (Wildman–Crippen LogP) is -6.47. The highest BCUT2D eigenvalue weighted by molar-refractivity contribution is 5.86. The summed E-state index contributed by atoms with van der Waals surface area (Å²) in [5.41, 5.74) is 22.1. The first kappa shape index (κ1) is 64.5. The van der Waals surface area contributed by atoms with Gasteiger partial charge in [-0.3, -0.25) is 14.4 Å². The van der Waals surface area contributed by atoms with E-state index < -0.39 is 121 Å². The predicted molar refractivity (Wildman–Crippen MR) is 259 cm³/mol. The number of aliphatic carboxylic acids is 2. The Hall–Kier alpha value is -6.60. The maximum absolute atomic E-state index is 13.4. The number of nitrogens with two attached hydrogens (primary N) is 4. The summed E-state index contributed by atoms with van der Waals surface area (Å²) < 4.78 is 49.2. The van der Waals surface area contributed by atoms with Crippen molar-refractivity contribution in [2.75, 3.05) is 106 Å². The lowest BCUT2D eigenvalue weighted by atomic mass is 9.91. The fraction of sp³-hybridized carbons (Fsp3) is 0.682. The molecule has 0 aliphatic carbocycles. The molecule has 31 heteroatoms. The molecule has 2 aliphatic heterocycles. The normalized spacial score (nSPS) is 20.6. The number of nitrogens with zero attached hydrogens (tertiary/aromatic N) is 3. The molecule has 10 atom stereocenters. The Labute approximate surface area is 431 Å². The van der Waals surface area contributed by atoms with E-state index in [1.807, 2.05) is 0 Å². The van der Waals surface area contributed by atoms with Crippen LogP contribution in [0.25, 0.3) is 0 Å². The number of hydrogen-bond donors (Lipinski definition) is 13. The first-order chi connectivity index (χ1) is 35.7. The third-order valence-corrected chi connectivity index (χ3v) is 10.4. The van der Waals surface area contributed by atoms with Crippen molar-refractivity contribution in [3.8, 4) is 12.3 Å². The van der Waals surface area contributed by atoms with Crippen LogP contribution in [-0.2, 0) is 66.6 Å². The lowest BCUT2D eigenvalue weighted by Crippen LogP contribution is -2.61. The maximum atomic E-state index is 13.4. The number of amides is 4. The molecule has 0 saturated carbocycles. The van der Waals surface area contributed by atoms with Gasteiger partial charge in [0.1, 0.15) is 24.9 Å². The van der Waals surface area contributed by atoms with Gasteiger partial charge in [-0.15, -0.1) is 6.42 Å². The van der Waals surface area contributed by atoms with Gasteiger partial charge in [0.25, 0.3) is 0 Å². The van der Waals surface area contributed by atoms with Crippen molar-refractivity contribution in [3.63, 3.8) is 0 Å². The number of hydrogen-bond acceptors (Lipinski definition) is 21. The molecule has 17 N–H and O–H groups in total. The Morgan fingerprint density at radius 1 is 0.693 bits per heavy atom. The molecule has 0 saturated heterocycles. The molecule has 0 radical (unpaired) electrons. The van der Waals surface area contributed by atoms with Crippen molar-refractivity contribution in [2.45, 2.75) is 87.5 Å². The molecule has 0 aromatic carbocycles. The van der Waals surface area contributed by atoms with Crippen LogP contribution >= 0.6 is 0 Å². The summed E-state index contributed by atoms with van der Waals surface area (Å²) in [6.45, 7) is 2.59. The van der Waals surface area contributed by atoms with Crippen LogP contribution in [0.5, 0.6) is 0 Å². The zero-order chi connectivity index (χ0) is 55.9. The van der Waals surface area contributed by atoms with Crippen LogP contribution in [0.2, 0.25) is 0 Å².